The van der Waals surface area contributed by atoms with Crippen LogP contribution in [0.2, 0.25) is 0 Å². The first-order valence-electron chi connectivity index (χ1n) is 12.1. The third kappa shape index (κ3) is 5.82. The number of rotatable bonds is 6. The van der Waals surface area contributed by atoms with Crippen LogP contribution in [0.25, 0.3) is 11.8 Å². The third-order valence-corrected chi connectivity index (χ3v) is 6.86. The minimum absolute atomic E-state index is 0.496. The molecular weight excluding hydrogens is 541 g/mol. The molecule has 0 radical (unpaired) electrons. The topological polar surface area (TPSA) is 55.1 Å². The van der Waals surface area contributed by atoms with Crippen molar-refractivity contribution in [3.8, 4) is 17.2 Å². The molecule has 0 atom stereocenters. The van der Waals surface area contributed by atoms with Crippen LogP contribution in [0.3, 0.4) is 0 Å². The molecule has 0 N–H and O–H groups in total. The summed E-state index contributed by atoms with van der Waals surface area (Å²) in [6, 6.07) is 10.3. The summed E-state index contributed by atoms with van der Waals surface area (Å²) in [4.78, 5) is 9.20. The second-order valence-corrected chi connectivity index (χ2v) is 11.9. The van der Waals surface area contributed by atoms with E-state index >= 15 is 0 Å². The second-order valence-electron chi connectivity index (χ2n) is 9.97. The van der Waals surface area contributed by atoms with Crippen LogP contribution < -0.4 is 13.9 Å². The molecule has 2 aliphatic rings. The van der Waals surface area contributed by atoms with E-state index in [1.54, 1.807) is 13.4 Å². The van der Waals surface area contributed by atoms with Gasteiger partial charge in [0.15, 0.2) is 0 Å². The van der Waals surface area contributed by atoms with Crippen LogP contribution in [-0.4, -0.2) is 39.7 Å². The molecule has 2 aliphatic heterocycles. The maximum atomic E-state index is 12.7. The lowest BCUT2D eigenvalue weighted by molar-refractivity contribution is 0.243. The van der Waals surface area contributed by atoms with Crippen molar-refractivity contribution >= 4 is 28.1 Å². The van der Waals surface area contributed by atoms with Gasteiger partial charge in [0.25, 0.3) is 0 Å². The van der Waals surface area contributed by atoms with Gasteiger partial charge in [0, 0.05) is 12.7 Å². The van der Waals surface area contributed by atoms with Gasteiger partial charge in [0.2, 0.25) is 0 Å². The molecule has 5 rings (SSSR count). The van der Waals surface area contributed by atoms with Crippen LogP contribution in [0, 0.1) is 6.92 Å². The number of fused-ring (bicyclic) bond motifs is 1. The molecule has 1 fully saturated rings. The lowest BCUT2D eigenvalue weighted by atomic mass is 10.0. The Morgan fingerprint density at radius 2 is 1.74 bits per heavy atom. The number of hydrogen-bond acceptors (Lipinski definition) is 6. The first-order chi connectivity index (χ1) is 18.0. The van der Waals surface area contributed by atoms with Gasteiger partial charge >= 0.3 is 10.5 Å². The number of aromatic nitrogens is 2. The van der Waals surface area contributed by atoms with E-state index < -0.39 is 21.9 Å². The number of halogens is 5. The first-order valence-corrected chi connectivity index (χ1v) is 14.0. The van der Waals surface area contributed by atoms with E-state index in [1.165, 1.54) is 12.1 Å². The van der Waals surface area contributed by atoms with Gasteiger partial charge in [-0.2, -0.15) is 0 Å². The fourth-order valence-electron chi connectivity index (χ4n) is 4.90. The number of aryl methyl sites for hydroxylation is 1. The zero-order valence-corrected chi connectivity index (χ0v) is 22.6. The van der Waals surface area contributed by atoms with Crippen LogP contribution >= 0.6 is 10.5 Å². The summed E-state index contributed by atoms with van der Waals surface area (Å²) in [6.45, 7) is 6.29. The summed E-state index contributed by atoms with van der Waals surface area (Å²) in [7, 11) is -8.45. The minimum atomic E-state index is -10.1. The molecule has 39 heavy (non-hydrogen) atoms. The highest BCUT2D eigenvalue weighted by Gasteiger charge is 2.67. The largest absolute Gasteiger partial charge is 0.495 e. The number of hydrogen-bond donors (Lipinski definition) is 0. The third-order valence-electron chi connectivity index (χ3n) is 6.36. The van der Waals surface area contributed by atoms with E-state index in [0.717, 1.165) is 53.3 Å². The predicted octanol–water partition coefficient (Wildman–Crippen LogP) is 7.83. The molecule has 13 heteroatoms. The van der Waals surface area contributed by atoms with E-state index in [0.29, 0.717) is 18.0 Å². The average molecular weight is 570 g/mol. The lowest BCUT2D eigenvalue weighted by Gasteiger charge is -2.41. The van der Waals surface area contributed by atoms with Gasteiger partial charge in [-0.1, -0.05) is 25.5 Å². The molecule has 0 bridgehead atoms. The van der Waals surface area contributed by atoms with Crippen LogP contribution in [0.1, 0.15) is 37.9 Å². The average Bonchev–Trinajstić information content (AvgIpc) is 3.37. The molecule has 2 aromatic carbocycles. The normalized spacial score (nSPS) is 19.8. The molecule has 3 heterocycles. The smallest absolute Gasteiger partial charge is 0.435 e. The van der Waals surface area contributed by atoms with E-state index in [2.05, 4.69) is 9.17 Å². The second kappa shape index (κ2) is 8.38. The van der Waals surface area contributed by atoms with Gasteiger partial charge in [-0.15, -0.1) is 0 Å². The standard InChI is InChI=1S/C26H28F5N5O2S/c1-18-16-34(17-32-18)23-12-7-19(15-24(23)37-4)14-20-6-5-13-35-25(20)33-26(2,3)36(35)21-8-10-22(11-9-21)38-39(27,28,29,30)31/h7-12,14-17H,5-6,13H2,1-4H3. The van der Waals surface area contributed by atoms with Gasteiger partial charge in [-0.05, 0) is 87.2 Å². The molecule has 210 valence electrons. The zero-order chi connectivity index (χ0) is 28.3. The van der Waals surface area contributed by atoms with Gasteiger partial charge in [0.05, 0.1) is 30.5 Å². The summed E-state index contributed by atoms with van der Waals surface area (Å²) in [5, 5.41) is 3.82. The molecule has 0 saturated carbocycles. The Balaban J connectivity index is 1.43. The number of anilines is 1. The van der Waals surface area contributed by atoms with Crippen LogP contribution in [0.4, 0.5) is 25.1 Å². The quantitative estimate of drug-likeness (QED) is 0.283. The summed E-state index contributed by atoms with van der Waals surface area (Å²) in [5.41, 5.74) is 3.37. The van der Waals surface area contributed by atoms with Crippen molar-refractivity contribution in [3.05, 3.63) is 71.8 Å². The Morgan fingerprint density at radius 3 is 2.36 bits per heavy atom. The highest BCUT2D eigenvalue weighted by molar-refractivity contribution is 8.42. The number of benzene rings is 2. The number of hydrazine groups is 1. The predicted molar refractivity (Wildman–Crippen MR) is 143 cm³/mol. The number of methoxy groups -OCH3 is 1. The Bertz CT molecular complexity index is 1480. The van der Waals surface area contributed by atoms with Crippen LogP contribution in [0.15, 0.2) is 65.6 Å². The number of imidazole rings is 1. The van der Waals surface area contributed by atoms with E-state index in [9.17, 15) is 19.4 Å². The highest BCUT2D eigenvalue weighted by Crippen LogP contribution is 2.97. The fraction of sp³-hybridized carbons (Fsp3) is 0.308. The monoisotopic (exact) mass is 569 g/mol. The molecule has 0 amide bonds. The van der Waals surface area contributed by atoms with Crippen molar-refractivity contribution in [2.45, 2.75) is 39.3 Å². The molecule has 0 spiro atoms. The van der Waals surface area contributed by atoms with Crippen molar-refractivity contribution < 1.29 is 28.3 Å². The lowest BCUT2D eigenvalue weighted by Crippen LogP contribution is -2.51. The summed E-state index contributed by atoms with van der Waals surface area (Å²) < 4.78 is 74.5. The highest BCUT2D eigenvalue weighted by atomic mass is 32.5. The minimum Gasteiger partial charge on any atom is -0.495 e. The molecular formula is C26H28F5N5O2S. The van der Waals surface area contributed by atoms with E-state index in [-0.39, 0.29) is 0 Å². The Morgan fingerprint density at radius 1 is 1.03 bits per heavy atom. The number of amidine groups is 1. The van der Waals surface area contributed by atoms with Crippen molar-refractivity contribution in [3.63, 3.8) is 0 Å². The molecule has 3 aromatic rings. The van der Waals surface area contributed by atoms with Crippen molar-refractivity contribution in [1.29, 1.82) is 0 Å². The Kier molecular flexibility index (Phi) is 5.77. The summed E-state index contributed by atoms with van der Waals surface area (Å²) in [6.07, 6.45) is 7.27. The molecule has 1 aromatic heterocycles. The number of ether oxygens (including phenoxy) is 1. The number of piperidine rings is 1. The SMILES string of the molecule is COc1cc(C=C2CCCN3C2=NC(C)(C)N3c2ccc(OS(F)(F)(F)(F)F)cc2)ccc1-n1cnc(C)c1. The molecule has 7 nitrogen and oxygen atoms in total. The fourth-order valence-corrected chi connectivity index (χ4v) is 5.37. The maximum Gasteiger partial charge on any atom is 0.435 e. The maximum absolute atomic E-state index is 12.7. The summed E-state index contributed by atoms with van der Waals surface area (Å²) in [5.74, 6) is 0.448. The van der Waals surface area contributed by atoms with Gasteiger partial charge in [0.1, 0.15) is 23.0 Å². The number of aliphatic imine (C=N–C) groups is 1. The van der Waals surface area contributed by atoms with Crippen molar-refractivity contribution in [1.82, 2.24) is 14.6 Å². The van der Waals surface area contributed by atoms with Gasteiger partial charge in [-0.3, -0.25) is 10.0 Å². The van der Waals surface area contributed by atoms with E-state index in [1.807, 2.05) is 65.8 Å². The van der Waals surface area contributed by atoms with E-state index in [4.69, 9.17) is 9.73 Å². The number of nitrogens with zero attached hydrogens (tertiary/aromatic N) is 5. The summed E-state index contributed by atoms with van der Waals surface area (Å²) >= 11 is 0. The Labute approximate surface area is 223 Å². The van der Waals surface area contributed by atoms with Crippen molar-refractivity contribution in [2.24, 2.45) is 4.99 Å². The molecule has 1 saturated heterocycles. The van der Waals surface area contributed by atoms with Crippen LogP contribution in [-0.2, 0) is 0 Å². The first kappa shape index (κ1) is 26.9. The van der Waals surface area contributed by atoms with Crippen molar-refractivity contribution in [2.75, 3.05) is 18.7 Å². The molecule has 0 unspecified atom stereocenters. The molecule has 0 aliphatic carbocycles. The van der Waals surface area contributed by atoms with Gasteiger partial charge in [-0.25, -0.2) is 9.98 Å². The van der Waals surface area contributed by atoms with Gasteiger partial charge < -0.3 is 13.5 Å². The van der Waals surface area contributed by atoms with Crippen LogP contribution in [0.5, 0.6) is 11.5 Å². The Hall–Kier alpha value is -3.74. The zero-order valence-electron chi connectivity index (χ0n) is 21.7.